The molecule has 18 heavy (non-hydrogen) atoms. The van der Waals surface area contributed by atoms with Crippen LogP contribution in [0.15, 0.2) is 38.0 Å². The van der Waals surface area contributed by atoms with Crippen LogP contribution in [0.5, 0.6) is 0 Å². The molecule has 0 radical (unpaired) electrons. The first-order valence-corrected chi connectivity index (χ1v) is 5.87. The van der Waals surface area contributed by atoms with Crippen molar-refractivity contribution in [1.29, 1.82) is 0 Å². The predicted molar refractivity (Wildman–Crippen MR) is 69.9 cm³/mol. The van der Waals surface area contributed by atoms with Crippen LogP contribution >= 0.6 is 0 Å². The normalized spacial score (nSPS) is 11.1. The summed E-state index contributed by atoms with van der Waals surface area (Å²) in [5.41, 5.74) is 0. The number of hydrogen-bond donors (Lipinski definition) is 0. The second-order valence-corrected chi connectivity index (χ2v) is 3.67. The Morgan fingerprint density at radius 3 is 2.28 bits per heavy atom. The summed E-state index contributed by atoms with van der Waals surface area (Å²) >= 11 is 0. The van der Waals surface area contributed by atoms with Crippen molar-refractivity contribution in [2.45, 2.75) is 31.8 Å². The molecule has 0 heterocycles. The van der Waals surface area contributed by atoms with Crippen LogP contribution in [0.1, 0.15) is 25.7 Å². The fourth-order valence-corrected chi connectivity index (χ4v) is 1.28. The van der Waals surface area contributed by atoms with Gasteiger partial charge >= 0.3 is 11.9 Å². The largest absolute Gasteiger partial charge is 0.459 e. The van der Waals surface area contributed by atoms with E-state index in [1.54, 1.807) is 0 Å². The minimum atomic E-state index is -0.527. The smallest absolute Gasteiger partial charge is 0.330 e. The number of ether oxygens (including phenoxy) is 2. The van der Waals surface area contributed by atoms with Gasteiger partial charge in [-0.25, -0.2) is 9.59 Å². The Hall–Kier alpha value is -1.84. The summed E-state index contributed by atoms with van der Waals surface area (Å²) < 4.78 is 9.95. The van der Waals surface area contributed by atoms with Crippen LogP contribution in [0, 0.1) is 0 Å². The lowest BCUT2D eigenvalue weighted by Crippen LogP contribution is -2.24. The van der Waals surface area contributed by atoms with Crippen LogP contribution < -0.4 is 0 Å². The van der Waals surface area contributed by atoms with E-state index in [-0.39, 0.29) is 6.61 Å². The van der Waals surface area contributed by atoms with Crippen LogP contribution in [0.3, 0.4) is 0 Å². The summed E-state index contributed by atoms with van der Waals surface area (Å²) in [7, 11) is 0. The molecule has 4 nitrogen and oxygen atoms in total. The van der Waals surface area contributed by atoms with Crippen LogP contribution in [-0.2, 0) is 19.1 Å². The molecule has 0 saturated carbocycles. The van der Waals surface area contributed by atoms with Gasteiger partial charge in [0.15, 0.2) is 0 Å². The van der Waals surface area contributed by atoms with Gasteiger partial charge in [0.1, 0.15) is 12.7 Å². The second-order valence-electron chi connectivity index (χ2n) is 3.67. The Morgan fingerprint density at radius 1 is 1.06 bits per heavy atom. The van der Waals surface area contributed by atoms with E-state index < -0.39 is 18.0 Å². The molecule has 100 valence electrons. The van der Waals surface area contributed by atoms with Gasteiger partial charge in [0, 0.05) is 12.2 Å². The zero-order valence-electron chi connectivity index (χ0n) is 10.6. The zero-order valence-corrected chi connectivity index (χ0v) is 10.6. The van der Waals surface area contributed by atoms with Crippen molar-refractivity contribution in [1.82, 2.24) is 0 Å². The average molecular weight is 252 g/mol. The molecule has 0 rings (SSSR count). The summed E-state index contributed by atoms with van der Waals surface area (Å²) in [4.78, 5) is 22.0. The van der Waals surface area contributed by atoms with Gasteiger partial charge < -0.3 is 9.47 Å². The maximum absolute atomic E-state index is 11.1. The molecule has 0 N–H and O–H groups in total. The fraction of sp³-hybridized carbons (Fsp3) is 0.429. The Balaban J connectivity index is 4.10. The van der Waals surface area contributed by atoms with Gasteiger partial charge in [0.25, 0.3) is 0 Å². The number of esters is 2. The van der Waals surface area contributed by atoms with Crippen molar-refractivity contribution in [2.24, 2.45) is 0 Å². The third kappa shape index (κ3) is 8.33. The van der Waals surface area contributed by atoms with E-state index in [0.29, 0.717) is 6.42 Å². The topological polar surface area (TPSA) is 52.6 Å². The molecule has 1 atom stereocenters. The Bertz CT molecular complexity index is 307. The average Bonchev–Trinajstić information content (AvgIpc) is 2.39. The van der Waals surface area contributed by atoms with Gasteiger partial charge in [0.2, 0.25) is 0 Å². The van der Waals surface area contributed by atoms with E-state index >= 15 is 0 Å². The summed E-state index contributed by atoms with van der Waals surface area (Å²) in [5, 5.41) is 0. The van der Waals surface area contributed by atoms with E-state index in [9.17, 15) is 9.59 Å². The third-order valence-corrected chi connectivity index (χ3v) is 2.21. The molecular formula is C14H20O4. The molecule has 0 aliphatic rings. The Labute approximate surface area is 108 Å². The maximum Gasteiger partial charge on any atom is 0.330 e. The van der Waals surface area contributed by atoms with Gasteiger partial charge in [-0.3, -0.25) is 0 Å². The zero-order chi connectivity index (χ0) is 13.8. The highest BCUT2D eigenvalue weighted by atomic mass is 16.6. The first-order chi connectivity index (χ1) is 8.63. The highest BCUT2D eigenvalue weighted by Crippen LogP contribution is 2.09. The maximum atomic E-state index is 11.1. The summed E-state index contributed by atoms with van der Waals surface area (Å²) in [6, 6.07) is 0. The number of carbonyl (C=O) groups is 2. The van der Waals surface area contributed by atoms with E-state index in [1.165, 1.54) is 0 Å². The lowest BCUT2D eigenvalue weighted by molar-refractivity contribution is -0.153. The quantitative estimate of drug-likeness (QED) is 0.259. The molecule has 0 amide bonds. The van der Waals surface area contributed by atoms with Crippen molar-refractivity contribution in [3.05, 3.63) is 38.0 Å². The molecule has 0 aliphatic carbocycles. The predicted octanol–water partition coefficient (Wildman–Crippen LogP) is 2.56. The first-order valence-electron chi connectivity index (χ1n) is 5.87. The number of carbonyl (C=O) groups excluding carboxylic acids is 2. The Morgan fingerprint density at radius 2 is 1.72 bits per heavy atom. The molecule has 0 fully saturated rings. The molecule has 0 aromatic rings. The monoisotopic (exact) mass is 252 g/mol. The van der Waals surface area contributed by atoms with Crippen molar-refractivity contribution in [3.8, 4) is 0 Å². The summed E-state index contributed by atoms with van der Waals surface area (Å²) in [6.07, 6.45) is 6.93. The van der Waals surface area contributed by atoms with Crippen LogP contribution in [0.2, 0.25) is 0 Å². The van der Waals surface area contributed by atoms with Crippen LogP contribution in [0.4, 0.5) is 0 Å². The number of rotatable bonds is 10. The molecule has 0 bridgehead atoms. The lowest BCUT2D eigenvalue weighted by Gasteiger charge is -2.16. The minimum Gasteiger partial charge on any atom is -0.459 e. The van der Waals surface area contributed by atoms with Crippen molar-refractivity contribution in [2.75, 3.05) is 6.61 Å². The number of allylic oxidation sites excluding steroid dienone is 1. The summed E-state index contributed by atoms with van der Waals surface area (Å²) in [6.45, 7) is 10.3. The van der Waals surface area contributed by atoms with Gasteiger partial charge in [-0.15, -0.1) is 6.58 Å². The van der Waals surface area contributed by atoms with Crippen molar-refractivity contribution >= 4 is 11.9 Å². The van der Waals surface area contributed by atoms with Gasteiger partial charge in [-0.1, -0.05) is 19.2 Å². The fourth-order valence-electron chi connectivity index (χ4n) is 1.28. The Kier molecular flexibility index (Phi) is 9.27. The molecule has 0 saturated heterocycles. The van der Waals surface area contributed by atoms with Gasteiger partial charge in [-0.2, -0.15) is 0 Å². The van der Waals surface area contributed by atoms with E-state index in [1.807, 2.05) is 6.08 Å². The van der Waals surface area contributed by atoms with E-state index in [4.69, 9.17) is 9.47 Å². The van der Waals surface area contributed by atoms with Crippen molar-refractivity contribution in [3.63, 3.8) is 0 Å². The van der Waals surface area contributed by atoms with Gasteiger partial charge in [0.05, 0.1) is 0 Å². The molecule has 1 unspecified atom stereocenters. The van der Waals surface area contributed by atoms with Gasteiger partial charge in [-0.05, 0) is 25.7 Å². The summed E-state index contributed by atoms with van der Waals surface area (Å²) in [5.74, 6) is -1.04. The lowest BCUT2D eigenvalue weighted by atomic mass is 10.1. The highest BCUT2D eigenvalue weighted by molar-refractivity contribution is 5.82. The van der Waals surface area contributed by atoms with Crippen molar-refractivity contribution < 1.29 is 19.1 Å². The standard InChI is InChI=1S/C14H20O4/c1-4-7-8-9-10-12(18-14(16)6-3)11-17-13(15)5-2/h4-6,12H,1-3,7-11H2. The van der Waals surface area contributed by atoms with Crippen LogP contribution in [-0.4, -0.2) is 24.6 Å². The molecule has 4 heteroatoms. The van der Waals surface area contributed by atoms with Crippen LogP contribution in [0.25, 0.3) is 0 Å². The SMILES string of the molecule is C=CCCCCC(COC(=O)C=C)OC(=O)C=C. The second kappa shape index (κ2) is 10.3. The third-order valence-electron chi connectivity index (χ3n) is 2.21. The minimum absolute atomic E-state index is 0.0402. The number of hydrogen-bond acceptors (Lipinski definition) is 4. The first kappa shape index (κ1) is 16.2. The molecule has 0 aliphatic heterocycles. The number of unbranched alkanes of at least 4 members (excludes halogenated alkanes) is 2. The highest BCUT2D eigenvalue weighted by Gasteiger charge is 2.14. The molecule has 0 spiro atoms. The molecular weight excluding hydrogens is 232 g/mol. The van der Waals surface area contributed by atoms with E-state index in [0.717, 1.165) is 31.4 Å². The molecule has 0 aromatic heterocycles. The molecule has 0 aromatic carbocycles. The van der Waals surface area contributed by atoms with E-state index in [2.05, 4.69) is 19.7 Å².